The molecule has 0 amide bonds. The number of hydrogen-bond acceptors (Lipinski definition) is 11. The molecular formula is C11H20FN2O15P3. The number of halogens is 1. The fourth-order valence-corrected chi connectivity index (χ4v) is 5.08. The number of phosphoric acid groups is 3. The zero-order valence-corrected chi connectivity index (χ0v) is 18.6. The second kappa shape index (κ2) is 10.9. The molecule has 186 valence electrons. The summed E-state index contributed by atoms with van der Waals surface area (Å²) >= 11 is 0. The van der Waals surface area contributed by atoms with Crippen LogP contribution in [0.5, 0.6) is 0 Å². The second-order valence-corrected chi connectivity index (χ2v) is 10.3. The van der Waals surface area contributed by atoms with Crippen LogP contribution in [0.15, 0.2) is 21.9 Å². The summed E-state index contributed by atoms with van der Waals surface area (Å²) in [5.41, 5.74) is -1.99. The molecule has 0 fully saturated rings. The lowest BCUT2D eigenvalue weighted by molar-refractivity contribution is -0.268. The summed E-state index contributed by atoms with van der Waals surface area (Å²) in [6.45, 7) is -1.60. The minimum absolute atomic E-state index is 0.422. The van der Waals surface area contributed by atoms with Crippen LogP contribution in [0.3, 0.4) is 0 Å². The molecule has 0 spiro atoms. The highest BCUT2D eigenvalue weighted by molar-refractivity contribution is 7.66. The predicted molar refractivity (Wildman–Crippen MR) is 98.5 cm³/mol. The monoisotopic (exact) mass is 532 g/mol. The van der Waals surface area contributed by atoms with E-state index >= 15 is 4.39 Å². The van der Waals surface area contributed by atoms with E-state index in [0.717, 1.165) is 12.3 Å². The summed E-state index contributed by atoms with van der Waals surface area (Å²) in [7, 11) is -17.3. The van der Waals surface area contributed by atoms with E-state index in [9.17, 15) is 38.4 Å². The Hall–Kier alpha value is -1.10. The molecule has 1 rings (SSSR count). The Balaban J connectivity index is 3.10. The van der Waals surface area contributed by atoms with E-state index in [1.54, 1.807) is 4.98 Å². The SMILES string of the molecule is CC[C@H](O)[C@@](F)(COP(=O)(O)OP(=O)(O)OP(=O)(O)O)O[C@H](CO)n1ccc(=O)[nH]c1=O. The number of rotatable bonds is 13. The van der Waals surface area contributed by atoms with Crippen LogP contribution >= 0.6 is 23.5 Å². The Labute approximate surface area is 177 Å². The van der Waals surface area contributed by atoms with Crippen LogP contribution in [0.1, 0.15) is 19.6 Å². The van der Waals surface area contributed by atoms with Gasteiger partial charge in [-0.05, 0) is 6.42 Å². The third-order valence-electron chi connectivity index (χ3n) is 3.37. The van der Waals surface area contributed by atoms with E-state index in [2.05, 4.69) is 13.1 Å². The van der Waals surface area contributed by atoms with Gasteiger partial charge in [-0.15, -0.1) is 0 Å². The van der Waals surface area contributed by atoms with Gasteiger partial charge in [0.2, 0.25) is 0 Å². The summed E-state index contributed by atoms with van der Waals surface area (Å²) in [5, 5.41) is 19.3. The van der Waals surface area contributed by atoms with Crippen molar-refractivity contribution in [2.45, 2.75) is 31.5 Å². The maximum Gasteiger partial charge on any atom is 0.490 e. The number of aliphatic hydroxyl groups is 2. The van der Waals surface area contributed by atoms with E-state index < -0.39 is 72.5 Å². The highest BCUT2D eigenvalue weighted by Gasteiger charge is 2.46. The topological polar surface area (TPSA) is 264 Å². The third kappa shape index (κ3) is 9.03. The molecule has 0 aromatic carbocycles. The average Bonchev–Trinajstić information content (AvgIpc) is 2.61. The van der Waals surface area contributed by atoms with Crippen molar-refractivity contribution < 1.29 is 65.8 Å². The van der Waals surface area contributed by atoms with Gasteiger partial charge in [0.05, 0.1) is 6.61 Å². The summed E-state index contributed by atoms with van der Waals surface area (Å²) in [4.78, 5) is 60.2. The van der Waals surface area contributed by atoms with E-state index in [4.69, 9.17) is 19.4 Å². The van der Waals surface area contributed by atoms with Crippen LogP contribution in [-0.4, -0.2) is 64.5 Å². The molecule has 17 nitrogen and oxygen atoms in total. The highest BCUT2D eigenvalue weighted by Crippen LogP contribution is 2.66. The predicted octanol–water partition coefficient (Wildman–Crippen LogP) is -1.18. The molecule has 1 aromatic heterocycles. The van der Waals surface area contributed by atoms with Crippen molar-refractivity contribution in [3.63, 3.8) is 0 Å². The smallest absolute Gasteiger partial charge is 0.392 e. The van der Waals surface area contributed by atoms with Crippen LogP contribution in [0.25, 0.3) is 0 Å². The molecule has 2 unspecified atom stereocenters. The first-order chi connectivity index (χ1) is 14.4. The van der Waals surface area contributed by atoms with Gasteiger partial charge in [-0.1, -0.05) is 6.92 Å². The van der Waals surface area contributed by atoms with Crippen LogP contribution in [0.4, 0.5) is 4.39 Å². The molecule has 0 aliphatic heterocycles. The molecule has 0 aliphatic carbocycles. The first-order valence-electron chi connectivity index (χ1n) is 8.19. The first-order valence-corrected chi connectivity index (χ1v) is 12.7. The molecular weight excluding hydrogens is 512 g/mol. The molecule has 0 saturated carbocycles. The fourth-order valence-electron chi connectivity index (χ4n) is 2.05. The molecule has 7 N–H and O–H groups in total. The number of H-pyrrole nitrogens is 1. The summed E-state index contributed by atoms with van der Waals surface area (Å²) < 4.78 is 65.4. The van der Waals surface area contributed by atoms with Crippen molar-refractivity contribution in [1.29, 1.82) is 0 Å². The number of phosphoric ester groups is 1. The Bertz CT molecular complexity index is 1040. The number of ether oxygens (including phenoxy) is 1. The van der Waals surface area contributed by atoms with Crippen molar-refractivity contribution in [3.8, 4) is 0 Å². The molecule has 0 aliphatic rings. The van der Waals surface area contributed by atoms with Crippen molar-refractivity contribution in [2.24, 2.45) is 0 Å². The molecule has 5 atom stereocenters. The third-order valence-corrected chi connectivity index (χ3v) is 7.16. The number of nitrogens with one attached hydrogen (secondary N) is 1. The summed E-state index contributed by atoms with van der Waals surface area (Å²) in [6.07, 6.45) is -3.66. The molecule has 0 bridgehead atoms. The molecule has 0 saturated heterocycles. The van der Waals surface area contributed by atoms with E-state index in [-0.39, 0.29) is 0 Å². The van der Waals surface area contributed by atoms with Gasteiger partial charge in [-0.3, -0.25) is 18.9 Å². The number of aromatic nitrogens is 2. The summed E-state index contributed by atoms with van der Waals surface area (Å²) in [6, 6.07) is 0.815. The number of nitrogens with zero attached hydrogens (tertiary/aromatic N) is 1. The van der Waals surface area contributed by atoms with Crippen molar-refractivity contribution >= 4 is 23.5 Å². The summed E-state index contributed by atoms with van der Waals surface area (Å²) in [5.74, 6) is -3.47. The standard InChI is InChI=1S/C11H20FN2O15P3/c1-2-7(16)11(12,27-9(5-15)14-4-3-8(17)13-10(14)18)6-26-31(22,23)29-32(24,25)28-30(19,20)21/h3-4,7,9,15-16H,2,5-6H2,1H3,(H,22,23)(H,24,25)(H,13,17,18)(H2,19,20,21)/t7-,9+,11+/m0/s1. The first kappa shape index (κ1) is 28.9. The van der Waals surface area contributed by atoms with Crippen LogP contribution in [-0.2, 0) is 31.6 Å². The zero-order chi connectivity index (χ0) is 25.0. The molecule has 1 aromatic rings. The van der Waals surface area contributed by atoms with Crippen molar-refractivity contribution in [1.82, 2.24) is 9.55 Å². The van der Waals surface area contributed by atoms with Crippen LogP contribution in [0.2, 0.25) is 0 Å². The lowest BCUT2D eigenvalue weighted by atomic mass is 10.1. The Morgan fingerprint density at radius 1 is 1.16 bits per heavy atom. The van der Waals surface area contributed by atoms with Crippen molar-refractivity contribution in [3.05, 3.63) is 33.1 Å². The minimum Gasteiger partial charge on any atom is -0.392 e. The van der Waals surface area contributed by atoms with Gasteiger partial charge < -0.3 is 34.5 Å². The van der Waals surface area contributed by atoms with Gasteiger partial charge >= 0.3 is 29.2 Å². The number of hydrogen-bond donors (Lipinski definition) is 7. The van der Waals surface area contributed by atoms with Gasteiger partial charge in [0.25, 0.3) is 11.4 Å². The quantitative estimate of drug-likeness (QED) is 0.147. The van der Waals surface area contributed by atoms with E-state index in [0.29, 0.717) is 4.57 Å². The highest BCUT2D eigenvalue weighted by atomic mass is 31.3. The minimum atomic E-state index is -5.89. The fraction of sp³-hybridized carbons (Fsp3) is 0.636. The maximum atomic E-state index is 15.3. The number of alkyl halides is 1. The van der Waals surface area contributed by atoms with Gasteiger partial charge in [-0.25, -0.2) is 22.9 Å². The van der Waals surface area contributed by atoms with E-state index in [1.165, 1.54) is 6.92 Å². The molecule has 32 heavy (non-hydrogen) atoms. The normalized spacial score (nSPS) is 20.0. The van der Waals surface area contributed by atoms with Gasteiger partial charge in [0.15, 0.2) is 6.23 Å². The largest absolute Gasteiger partial charge is 0.490 e. The Morgan fingerprint density at radius 3 is 2.22 bits per heavy atom. The van der Waals surface area contributed by atoms with Crippen molar-refractivity contribution in [2.75, 3.05) is 13.2 Å². The average molecular weight is 532 g/mol. The Kier molecular flexibility index (Phi) is 9.84. The van der Waals surface area contributed by atoms with Crippen LogP contribution < -0.4 is 11.2 Å². The van der Waals surface area contributed by atoms with E-state index in [1.807, 2.05) is 0 Å². The van der Waals surface area contributed by atoms with Crippen LogP contribution in [0, 0.1) is 0 Å². The molecule has 0 radical (unpaired) electrons. The lowest BCUT2D eigenvalue weighted by Gasteiger charge is -2.33. The zero-order valence-electron chi connectivity index (χ0n) is 16.0. The number of aliphatic hydroxyl groups excluding tert-OH is 2. The second-order valence-electron chi connectivity index (χ2n) is 5.85. The number of aromatic amines is 1. The van der Waals surface area contributed by atoms with Gasteiger partial charge in [0, 0.05) is 12.3 Å². The maximum absolute atomic E-state index is 15.3. The lowest BCUT2D eigenvalue weighted by Crippen LogP contribution is -2.48. The van der Waals surface area contributed by atoms with Gasteiger partial charge in [-0.2, -0.15) is 8.62 Å². The molecule has 21 heteroatoms. The molecule has 1 heterocycles. The van der Waals surface area contributed by atoms with Gasteiger partial charge in [0.1, 0.15) is 12.7 Å². The Morgan fingerprint density at radius 2 is 1.75 bits per heavy atom.